The van der Waals surface area contributed by atoms with Gasteiger partial charge in [-0.05, 0) is 56.2 Å². The number of amides is 1. The van der Waals surface area contributed by atoms with E-state index in [4.69, 9.17) is 14.2 Å². The van der Waals surface area contributed by atoms with Crippen LogP contribution >= 0.6 is 0 Å². The van der Waals surface area contributed by atoms with E-state index in [-0.39, 0.29) is 10.8 Å². The molecule has 0 spiro atoms. The topological polar surface area (TPSA) is 85.4 Å². The predicted octanol–water partition coefficient (Wildman–Crippen LogP) is 3.45. The van der Waals surface area contributed by atoms with Crippen LogP contribution in [0.5, 0.6) is 17.2 Å². The van der Waals surface area contributed by atoms with E-state index in [1.807, 2.05) is 0 Å². The van der Waals surface area contributed by atoms with Gasteiger partial charge in [0.1, 0.15) is 25.0 Å². The molecule has 178 valence electrons. The predicted molar refractivity (Wildman–Crippen MR) is 125 cm³/mol. The Morgan fingerprint density at radius 2 is 1.61 bits per heavy atom. The number of fused-ring (bicyclic) bond motifs is 1. The summed E-state index contributed by atoms with van der Waals surface area (Å²) in [6.45, 7) is 3.70. The normalized spacial score (nSPS) is 17.1. The molecule has 2 aliphatic rings. The van der Waals surface area contributed by atoms with E-state index in [9.17, 15) is 13.2 Å². The third-order valence-electron chi connectivity index (χ3n) is 6.02. The molecule has 0 aromatic heterocycles. The summed E-state index contributed by atoms with van der Waals surface area (Å²) in [6, 6.07) is 10.3. The Labute approximate surface area is 195 Å². The summed E-state index contributed by atoms with van der Waals surface area (Å²) in [5.41, 5.74) is 0.390. The van der Waals surface area contributed by atoms with Gasteiger partial charge in [-0.2, -0.15) is 0 Å². The molecule has 1 saturated heterocycles. The van der Waals surface area contributed by atoms with Crippen LogP contribution in [0.2, 0.25) is 0 Å². The van der Waals surface area contributed by atoms with Gasteiger partial charge in [-0.1, -0.05) is 12.8 Å². The molecule has 0 bridgehead atoms. The molecule has 0 aliphatic carbocycles. The molecule has 0 saturated carbocycles. The molecule has 8 nitrogen and oxygen atoms in total. The van der Waals surface area contributed by atoms with Gasteiger partial charge in [-0.25, -0.2) is 8.42 Å². The number of nitrogens with zero attached hydrogens (tertiary/aromatic N) is 2. The highest BCUT2D eigenvalue weighted by atomic mass is 32.2. The largest absolute Gasteiger partial charge is 0.497 e. The van der Waals surface area contributed by atoms with Crippen molar-refractivity contribution in [3.05, 3.63) is 42.5 Å². The Hall–Kier alpha value is -2.94. The van der Waals surface area contributed by atoms with Gasteiger partial charge < -0.3 is 19.1 Å². The highest BCUT2D eigenvalue weighted by molar-refractivity contribution is 7.93. The lowest BCUT2D eigenvalue weighted by atomic mass is 10.2. The number of rotatable bonds is 6. The Balaban J connectivity index is 1.73. The van der Waals surface area contributed by atoms with Gasteiger partial charge in [-0.3, -0.25) is 9.10 Å². The zero-order valence-corrected chi connectivity index (χ0v) is 19.8. The summed E-state index contributed by atoms with van der Waals surface area (Å²) >= 11 is 0. The van der Waals surface area contributed by atoms with E-state index in [1.165, 1.54) is 16.4 Å². The average Bonchev–Trinajstić information content (AvgIpc) is 3.13. The minimum absolute atomic E-state index is 0.0399. The number of methoxy groups -OCH3 is 1. The number of benzene rings is 2. The molecule has 0 N–H and O–H groups in total. The second kappa shape index (κ2) is 9.91. The highest BCUT2D eigenvalue weighted by Crippen LogP contribution is 2.35. The number of ether oxygens (including phenoxy) is 3. The summed E-state index contributed by atoms with van der Waals surface area (Å²) in [5, 5.41) is 0. The van der Waals surface area contributed by atoms with Gasteiger partial charge in [-0.15, -0.1) is 0 Å². The summed E-state index contributed by atoms with van der Waals surface area (Å²) in [6.07, 6.45) is 4.01. The standard InChI is InChI=1S/C24H30N2O6S/c1-18(24(27)25-13-5-3-4-6-14-25)26(19-7-9-20(30-2)10-8-19)33(28,29)21-11-12-22-23(17-21)32-16-15-31-22/h7-12,17-18H,3-6,13-16H2,1-2H3/t18-/m0/s1. The van der Waals surface area contributed by atoms with Crippen molar-refractivity contribution in [1.82, 2.24) is 4.90 Å². The first-order chi connectivity index (χ1) is 15.9. The number of sulfonamides is 1. The van der Waals surface area contributed by atoms with Crippen molar-refractivity contribution in [1.29, 1.82) is 0 Å². The first kappa shape index (κ1) is 23.2. The minimum atomic E-state index is -4.09. The van der Waals surface area contributed by atoms with Crippen LogP contribution in [0.4, 0.5) is 5.69 Å². The lowest BCUT2D eigenvalue weighted by Gasteiger charge is -2.33. The van der Waals surface area contributed by atoms with Gasteiger partial charge in [0.15, 0.2) is 11.5 Å². The monoisotopic (exact) mass is 474 g/mol. The average molecular weight is 475 g/mol. The molecule has 0 unspecified atom stereocenters. The summed E-state index contributed by atoms with van der Waals surface area (Å²) in [4.78, 5) is 15.3. The van der Waals surface area contributed by atoms with Gasteiger partial charge >= 0.3 is 0 Å². The lowest BCUT2D eigenvalue weighted by Crippen LogP contribution is -2.50. The molecule has 33 heavy (non-hydrogen) atoms. The Morgan fingerprint density at radius 3 is 2.24 bits per heavy atom. The second-order valence-corrected chi connectivity index (χ2v) is 10.0. The third-order valence-corrected chi connectivity index (χ3v) is 7.92. The molecule has 2 aromatic carbocycles. The lowest BCUT2D eigenvalue weighted by molar-refractivity contribution is -0.131. The van der Waals surface area contributed by atoms with Gasteiger partial charge in [0.05, 0.1) is 17.7 Å². The SMILES string of the molecule is COc1ccc(N([C@@H](C)C(=O)N2CCCCCC2)S(=O)(=O)c2ccc3c(c2)OCCO3)cc1. The zero-order valence-electron chi connectivity index (χ0n) is 19.0. The molecule has 2 aromatic rings. The maximum Gasteiger partial charge on any atom is 0.265 e. The van der Waals surface area contributed by atoms with Crippen LogP contribution < -0.4 is 18.5 Å². The molecule has 1 amide bonds. The number of carbonyl (C=O) groups excluding carboxylic acids is 1. The highest BCUT2D eigenvalue weighted by Gasteiger charge is 2.36. The Morgan fingerprint density at radius 1 is 0.970 bits per heavy atom. The fraction of sp³-hybridized carbons (Fsp3) is 0.458. The quantitative estimate of drug-likeness (QED) is 0.638. The van der Waals surface area contributed by atoms with Crippen molar-refractivity contribution in [2.45, 2.75) is 43.5 Å². The summed E-state index contributed by atoms with van der Waals surface area (Å²) in [5.74, 6) is 1.28. The molecule has 2 aliphatic heterocycles. The second-order valence-electron chi connectivity index (χ2n) is 8.22. The number of hydrogen-bond acceptors (Lipinski definition) is 6. The number of likely N-dealkylation sites (tertiary alicyclic amines) is 1. The van der Waals surface area contributed by atoms with E-state index in [2.05, 4.69) is 0 Å². The first-order valence-electron chi connectivity index (χ1n) is 11.3. The van der Waals surface area contributed by atoms with Crippen LogP contribution in [0.1, 0.15) is 32.6 Å². The molecule has 2 heterocycles. The van der Waals surface area contributed by atoms with Gasteiger partial charge in [0.2, 0.25) is 5.91 Å². The fourth-order valence-corrected chi connectivity index (χ4v) is 5.88. The van der Waals surface area contributed by atoms with Crippen molar-refractivity contribution >= 4 is 21.6 Å². The third kappa shape index (κ3) is 4.88. The molecule has 4 rings (SSSR count). The van der Waals surface area contributed by atoms with Crippen LogP contribution in [-0.2, 0) is 14.8 Å². The van der Waals surface area contributed by atoms with Crippen molar-refractivity contribution in [3.8, 4) is 17.2 Å². The molecular weight excluding hydrogens is 444 g/mol. The minimum Gasteiger partial charge on any atom is -0.497 e. The van der Waals surface area contributed by atoms with Crippen molar-refractivity contribution in [2.24, 2.45) is 0 Å². The van der Waals surface area contributed by atoms with Crippen LogP contribution in [0.15, 0.2) is 47.4 Å². The van der Waals surface area contributed by atoms with E-state index in [1.54, 1.807) is 49.3 Å². The molecule has 1 atom stereocenters. The molecule has 9 heteroatoms. The maximum absolute atomic E-state index is 13.9. The first-order valence-corrected chi connectivity index (χ1v) is 12.7. The molecule has 0 radical (unpaired) electrons. The van der Waals surface area contributed by atoms with Crippen LogP contribution in [0, 0.1) is 0 Å². The van der Waals surface area contributed by atoms with E-state index >= 15 is 0 Å². The van der Waals surface area contributed by atoms with Crippen LogP contribution in [0.3, 0.4) is 0 Å². The van der Waals surface area contributed by atoms with E-state index < -0.39 is 16.1 Å². The van der Waals surface area contributed by atoms with Crippen LogP contribution in [-0.4, -0.2) is 58.7 Å². The molecule has 1 fully saturated rings. The summed E-state index contributed by atoms with van der Waals surface area (Å²) < 4.78 is 45.3. The molecular formula is C24H30N2O6S. The van der Waals surface area contributed by atoms with Gasteiger partial charge in [0.25, 0.3) is 10.0 Å². The van der Waals surface area contributed by atoms with Crippen LogP contribution in [0.25, 0.3) is 0 Å². The van der Waals surface area contributed by atoms with Gasteiger partial charge in [0, 0.05) is 19.2 Å². The number of anilines is 1. The maximum atomic E-state index is 13.9. The fourth-order valence-electron chi connectivity index (χ4n) is 4.25. The number of hydrogen-bond donors (Lipinski definition) is 0. The zero-order chi connectivity index (χ0) is 23.4. The van der Waals surface area contributed by atoms with Crippen molar-refractivity contribution < 1.29 is 27.4 Å². The van der Waals surface area contributed by atoms with E-state index in [0.717, 1.165) is 25.7 Å². The number of carbonyl (C=O) groups is 1. The smallest absolute Gasteiger partial charge is 0.265 e. The van der Waals surface area contributed by atoms with Crippen molar-refractivity contribution in [3.63, 3.8) is 0 Å². The van der Waals surface area contributed by atoms with E-state index in [0.29, 0.717) is 49.2 Å². The van der Waals surface area contributed by atoms with Crippen molar-refractivity contribution in [2.75, 3.05) is 37.7 Å². The Bertz CT molecular complexity index is 1080. The Kier molecular flexibility index (Phi) is 6.97. The summed E-state index contributed by atoms with van der Waals surface area (Å²) in [7, 11) is -2.54.